The zero-order valence-corrected chi connectivity index (χ0v) is 9.25. The normalized spacial score (nSPS) is 22.4. The highest BCUT2D eigenvalue weighted by Gasteiger charge is 2.44. The summed E-state index contributed by atoms with van der Waals surface area (Å²) in [5.41, 5.74) is 8.88. The lowest BCUT2D eigenvalue weighted by Gasteiger charge is -2.34. The number of nitrogens with one attached hydrogen (secondary N) is 1. The highest BCUT2D eigenvalue weighted by Crippen LogP contribution is 2.47. The summed E-state index contributed by atoms with van der Waals surface area (Å²) in [6, 6.07) is 5.72. The zero-order chi connectivity index (χ0) is 11.2. The monoisotopic (exact) mass is 216 g/mol. The van der Waals surface area contributed by atoms with Crippen LogP contribution in [0.4, 0.5) is 5.69 Å². The van der Waals surface area contributed by atoms with Gasteiger partial charge in [-0.1, -0.05) is 12.1 Å². The van der Waals surface area contributed by atoms with Crippen LogP contribution >= 0.6 is 0 Å². The molecule has 1 heterocycles. The minimum atomic E-state index is 0.0308. The molecular weight excluding hydrogens is 200 g/mol. The first-order chi connectivity index (χ1) is 7.73. The van der Waals surface area contributed by atoms with Crippen LogP contribution in [0.25, 0.3) is 0 Å². The van der Waals surface area contributed by atoms with Crippen molar-refractivity contribution in [1.29, 1.82) is 0 Å². The van der Waals surface area contributed by atoms with Gasteiger partial charge in [0.15, 0.2) is 5.78 Å². The summed E-state index contributed by atoms with van der Waals surface area (Å²) in [6.07, 6.45) is 2.71. The molecule has 3 rings (SSSR count). The molecule has 1 aliphatic heterocycles. The molecule has 3 N–H and O–H groups in total. The lowest BCUT2D eigenvalue weighted by atomic mass is 9.73. The van der Waals surface area contributed by atoms with Crippen molar-refractivity contribution in [1.82, 2.24) is 5.32 Å². The standard InChI is InChI=1S/C13H16N2O/c14-10-3-1-2-9-11(16)8-13(12(9)10)4-6-15-7-5-13/h1-3,15H,4-8,14H2. The van der Waals surface area contributed by atoms with Gasteiger partial charge in [0.1, 0.15) is 0 Å². The number of anilines is 1. The third-order valence-electron chi connectivity index (χ3n) is 3.99. The molecular formula is C13H16N2O. The predicted molar refractivity (Wildman–Crippen MR) is 63.6 cm³/mol. The summed E-state index contributed by atoms with van der Waals surface area (Å²) in [5.74, 6) is 0.268. The van der Waals surface area contributed by atoms with E-state index in [-0.39, 0.29) is 11.2 Å². The molecule has 1 aromatic carbocycles. The number of carbonyl (C=O) groups excluding carboxylic acids is 1. The van der Waals surface area contributed by atoms with Crippen molar-refractivity contribution in [3.8, 4) is 0 Å². The minimum absolute atomic E-state index is 0.0308. The second-order valence-corrected chi connectivity index (χ2v) is 4.90. The van der Waals surface area contributed by atoms with Gasteiger partial charge in [0, 0.05) is 23.1 Å². The van der Waals surface area contributed by atoms with Crippen LogP contribution in [0, 0.1) is 0 Å². The van der Waals surface area contributed by atoms with Crippen LogP contribution in [0.2, 0.25) is 0 Å². The molecule has 1 aromatic rings. The summed E-state index contributed by atoms with van der Waals surface area (Å²) in [7, 11) is 0. The summed E-state index contributed by atoms with van der Waals surface area (Å²) < 4.78 is 0. The number of hydrogen-bond acceptors (Lipinski definition) is 3. The van der Waals surface area contributed by atoms with E-state index in [0.29, 0.717) is 6.42 Å². The molecule has 1 spiro atoms. The van der Waals surface area contributed by atoms with Crippen molar-refractivity contribution >= 4 is 11.5 Å². The van der Waals surface area contributed by atoms with Crippen molar-refractivity contribution in [2.45, 2.75) is 24.7 Å². The van der Waals surface area contributed by atoms with Gasteiger partial charge >= 0.3 is 0 Å². The van der Waals surface area contributed by atoms with Gasteiger partial charge in [0.05, 0.1) is 0 Å². The molecule has 1 aliphatic carbocycles. The third-order valence-corrected chi connectivity index (χ3v) is 3.99. The van der Waals surface area contributed by atoms with Crippen LogP contribution < -0.4 is 11.1 Å². The molecule has 0 amide bonds. The number of Topliss-reactive ketones (excluding diaryl/α,β-unsaturated/α-hetero) is 1. The van der Waals surface area contributed by atoms with Crippen LogP contribution in [0.5, 0.6) is 0 Å². The third kappa shape index (κ3) is 1.21. The number of hydrogen-bond donors (Lipinski definition) is 2. The molecule has 0 aromatic heterocycles. The Balaban J connectivity index is 2.16. The van der Waals surface area contributed by atoms with Crippen LogP contribution in [0.1, 0.15) is 35.2 Å². The molecule has 0 radical (unpaired) electrons. The fourth-order valence-corrected chi connectivity index (χ4v) is 3.22. The number of ketones is 1. The fourth-order valence-electron chi connectivity index (χ4n) is 3.22. The van der Waals surface area contributed by atoms with Gasteiger partial charge in [-0.25, -0.2) is 0 Å². The van der Waals surface area contributed by atoms with Gasteiger partial charge in [-0.15, -0.1) is 0 Å². The van der Waals surface area contributed by atoms with Gasteiger partial charge in [-0.05, 0) is 37.6 Å². The molecule has 16 heavy (non-hydrogen) atoms. The number of carbonyl (C=O) groups is 1. The van der Waals surface area contributed by atoms with E-state index in [1.54, 1.807) is 0 Å². The summed E-state index contributed by atoms with van der Waals surface area (Å²) in [6.45, 7) is 1.97. The van der Waals surface area contributed by atoms with E-state index in [2.05, 4.69) is 5.32 Å². The first-order valence-electron chi connectivity index (χ1n) is 5.86. The molecule has 0 unspecified atom stereocenters. The van der Waals surface area contributed by atoms with E-state index >= 15 is 0 Å². The van der Waals surface area contributed by atoms with Gasteiger partial charge in [-0.2, -0.15) is 0 Å². The predicted octanol–water partition coefficient (Wildman–Crippen LogP) is 1.48. The molecule has 1 saturated heterocycles. The topological polar surface area (TPSA) is 55.1 Å². The smallest absolute Gasteiger partial charge is 0.164 e. The molecule has 0 atom stereocenters. The van der Waals surface area contributed by atoms with Gasteiger partial charge in [0.25, 0.3) is 0 Å². The van der Waals surface area contributed by atoms with E-state index in [9.17, 15) is 4.79 Å². The molecule has 0 saturated carbocycles. The molecule has 0 bridgehead atoms. The molecule has 84 valence electrons. The minimum Gasteiger partial charge on any atom is -0.398 e. The van der Waals surface area contributed by atoms with Crippen molar-refractivity contribution < 1.29 is 4.79 Å². The summed E-state index contributed by atoms with van der Waals surface area (Å²) >= 11 is 0. The average molecular weight is 216 g/mol. The van der Waals surface area contributed by atoms with Crippen molar-refractivity contribution in [2.24, 2.45) is 0 Å². The largest absolute Gasteiger partial charge is 0.398 e. The quantitative estimate of drug-likeness (QED) is 0.646. The Morgan fingerprint density at radius 2 is 2.00 bits per heavy atom. The Morgan fingerprint density at radius 1 is 1.25 bits per heavy atom. The molecule has 3 nitrogen and oxygen atoms in total. The maximum Gasteiger partial charge on any atom is 0.164 e. The summed E-state index contributed by atoms with van der Waals surface area (Å²) in [5, 5.41) is 3.35. The second kappa shape index (κ2) is 3.32. The zero-order valence-electron chi connectivity index (χ0n) is 9.25. The van der Waals surface area contributed by atoms with E-state index < -0.39 is 0 Å². The average Bonchev–Trinajstić information content (AvgIpc) is 2.55. The maximum absolute atomic E-state index is 12.0. The number of nitrogens with two attached hydrogens (primary N) is 1. The van der Waals surface area contributed by atoms with E-state index in [4.69, 9.17) is 5.73 Å². The molecule has 2 aliphatic rings. The second-order valence-electron chi connectivity index (χ2n) is 4.90. The molecule has 3 heteroatoms. The first kappa shape index (κ1) is 9.85. The maximum atomic E-state index is 12.0. The Bertz CT molecular complexity index is 447. The summed E-state index contributed by atoms with van der Waals surface area (Å²) in [4.78, 5) is 12.0. The lowest BCUT2D eigenvalue weighted by Crippen LogP contribution is -2.39. The number of rotatable bonds is 0. The van der Waals surface area contributed by atoms with Crippen LogP contribution in [0.15, 0.2) is 18.2 Å². The van der Waals surface area contributed by atoms with E-state index in [0.717, 1.165) is 42.7 Å². The van der Waals surface area contributed by atoms with Gasteiger partial charge in [-0.3, -0.25) is 4.79 Å². The highest BCUT2D eigenvalue weighted by molar-refractivity contribution is 6.03. The van der Waals surface area contributed by atoms with Crippen molar-refractivity contribution in [3.63, 3.8) is 0 Å². The van der Waals surface area contributed by atoms with E-state index in [1.807, 2.05) is 18.2 Å². The number of benzene rings is 1. The van der Waals surface area contributed by atoms with Crippen molar-refractivity contribution in [3.05, 3.63) is 29.3 Å². The van der Waals surface area contributed by atoms with Gasteiger partial charge < -0.3 is 11.1 Å². The van der Waals surface area contributed by atoms with Gasteiger partial charge in [0.2, 0.25) is 0 Å². The Labute approximate surface area is 95.0 Å². The van der Waals surface area contributed by atoms with Crippen molar-refractivity contribution in [2.75, 3.05) is 18.8 Å². The van der Waals surface area contributed by atoms with E-state index in [1.165, 1.54) is 0 Å². The Hall–Kier alpha value is -1.35. The first-order valence-corrected chi connectivity index (χ1v) is 5.86. The van der Waals surface area contributed by atoms with Crippen LogP contribution in [0.3, 0.4) is 0 Å². The number of nitrogen functional groups attached to an aromatic ring is 1. The Kier molecular flexibility index (Phi) is 2.04. The number of fused-ring (bicyclic) bond motifs is 2. The molecule has 1 fully saturated rings. The highest BCUT2D eigenvalue weighted by atomic mass is 16.1. The lowest BCUT2D eigenvalue weighted by molar-refractivity contribution is 0.0964. The van der Waals surface area contributed by atoms with Crippen LogP contribution in [-0.2, 0) is 5.41 Å². The number of piperidine rings is 1. The SMILES string of the molecule is Nc1cccc2c1C1(CCNCC1)CC2=O. The fraction of sp³-hybridized carbons (Fsp3) is 0.462. The Morgan fingerprint density at radius 3 is 2.75 bits per heavy atom. The van der Waals surface area contributed by atoms with Crippen LogP contribution in [-0.4, -0.2) is 18.9 Å².